The summed E-state index contributed by atoms with van der Waals surface area (Å²) in [5.41, 5.74) is 2.37. The number of aliphatic imine (C=N–C) groups is 1. The average molecular weight is 206 g/mol. The molecule has 0 radical (unpaired) electrons. The van der Waals surface area contributed by atoms with Crippen molar-refractivity contribution in [2.75, 3.05) is 0 Å². The van der Waals surface area contributed by atoms with Crippen molar-refractivity contribution < 1.29 is 0 Å². The van der Waals surface area contributed by atoms with E-state index in [2.05, 4.69) is 11.1 Å². The molecule has 0 saturated heterocycles. The summed E-state index contributed by atoms with van der Waals surface area (Å²) in [5, 5.41) is 8.90. The van der Waals surface area contributed by atoms with E-state index < -0.39 is 0 Å². The minimum absolute atomic E-state index is 0.641. The largest absolute Gasteiger partial charge is 0.256 e. The van der Waals surface area contributed by atoms with E-state index in [1.54, 1.807) is 12.3 Å². The first-order valence-electron chi connectivity index (χ1n) is 4.98. The molecular weight excluding hydrogens is 196 g/mol. The first-order valence-corrected chi connectivity index (χ1v) is 4.98. The molecule has 2 nitrogen and oxygen atoms in total. The first-order chi connectivity index (χ1) is 7.90. The maximum Gasteiger partial charge on any atom is 0.0998 e. The number of para-hydroxylation sites is 1. The van der Waals surface area contributed by atoms with Gasteiger partial charge in [-0.3, -0.25) is 4.99 Å². The Bertz CT molecular complexity index is 536. The second-order valence-corrected chi connectivity index (χ2v) is 3.29. The van der Waals surface area contributed by atoms with Crippen LogP contribution in [-0.4, -0.2) is 6.21 Å². The van der Waals surface area contributed by atoms with Crippen LogP contribution in [0.3, 0.4) is 0 Å². The lowest BCUT2D eigenvalue weighted by atomic mass is 10.1. The van der Waals surface area contributed by atoms with Crippen molar-refractivity contribution in [1.29, 1.82) is 5.26 Å². The molecule has 2 aromatic rings. The fraction of sp³-hybridized carbons (Fsp3) is 0. The van der Waals surface area contributed by atoms with E-state index in [-0.39, 0.29) is 0 Å². The van der Waals surface area contributed by atoms with Crippen LogP contribution in [0, 0.1) is 11.3 Å². The minimum atomic E-state index is 0.641. The second-order valence-electron chi connectivity index (χ2n) is 3.29. The molecule has 0 aromatic heterocycles. The Morgan fingerprint density at radius 3 is 2.38 bits per heavy atom. The molecule has 0 aliphatic carbocycles. The van der Waals surface area contributed by atoms with E-state index in [1.807, 2.05) is 48.5 Å². The maximum atomic E-state index is 8.90. The number of benzene rings is 2. The van der Waals surface area contributed by atoms with Crippen LogP contribution >= 0.6 is 0 Å². The highest BCUT2D eigenvalue weighted by Crippen LogP contribution is 2.11. The summed E-state index contributed by atoms with van der Waals surface area (Å²) in [6.45, 7) is 0. The molecule has 0 unspecified atom stereocenters. The van der Waals surface area contributed by atoms with Crippen molar-refractivity contribution in [3.8, 4) is 6.07 Å². The van der Waals surface area contributed by atoms with Gasteiger partial charge in [0.1, 0.15) is 0 Å². The highest BCUT2D eigenvalue weighted by molar-refractivity contribution is 5.85. The summed E-state index contributed by atoms with van der Waals surface area (Å²) in [6, 6.07) is 19.2. The normalized spacial score (nSPS) is 10.2. The summed E-state index contributed by atoms with van der Waals surface area (Å²) in [4.78, 5) is 4.31. The number of hydrogen-bond donors (Lipinski definition) is 0. The summed E-state index contributed by atoms with van der Waals surface area (Å²) >= 11 is 0. The van der Waals surface area contributed by atoms with E-state index in [0.717, 1.165) is 11.3 Å². The van der Waals surface area contributed by atoms with Gasteiger partial charge in [-0.2, -0.15) is 5.26 Å². The number of hydrogen-bond acceptors (Lipinski definition) is 2. The van der Waals surface area contributed by atoms with Gasteiger partial charge in [-0.25, -0.2) is 0 Å². The zero-order chi connectivity index (χ0) is 11.2. The van der Waals surface area contributed by atoms with Gasteiger partial charge < -0.3 is 0 Å². The van der Waals surface area contributed by atoms with E-state index in [4.69, 9.17) is 5.26 Å². The Hall–Kier alpha value is -2.40. The van der Waals surface area contributed by atoms with Crippen molar-refractivity contribution in [3.05, 3.63) is 65.7 Å². The van der Waals surface area contributed by atoms with Crippen LogP contribution in [-0.2, 0) is 0 Å². The summed E-state index contributed by atoms with van der Waals surface area (Å²) < 4.78 is 0. The Balaban J connectivity index is 2.28. The van der Waals surface area contributed by atoms with Crippen LogP contribution in [0.1, 0.15) is 11.1 Å². The minimum Gasteiger partial charge on any atom is -0.256 e. The number of nitriles is 1. The third-order valence-electron chi connectivity index (χ3n) is 2.19. The molecule has 0 bridgehead atoms. The molecule has 0 N–H and O–H groups in total. The van der Waals surface area contributed by atoms with Crippen LogP contribution in [0.5, 0.6) is 0 Å². The fourth-order valence-corrected chi connectivity index (χ4v) is 1.37. The first kappa shape index (κ1) is 10.1. The zero-order valence-electron chi connectivity index (χ0n) is 8.67. The average Bonchev–Trinajstić information content (AvgIpc) is 2.38. The molecule has 0 heterocycles. The Labute approximate surface area is 94.5 Å². The molecular formula is C14H10N2. The number of nitrogens with zero attached hydrogens (tertiary/aromatic N) is 2. The summed E-state index contributed by atoms with van der Waals surface area (Å²) in [6.07, 6.45) is 1.72. The highest BCUT2D eigenvalue weighted by atomic mass is 14.7. The van der Waals surface area contributed by atoms with Crippen molar-refractivity contribution in [2.24, 2.45) is 4.99 Å². The molecule has 0 amide bonds. The SMILES string of the molecule is N#Cc1ccccc1C=Nc1ccccc1. The maximum absolute atomic E-state index is 8.90. The van der Waals surface area contributed by atoms with Crippen LogP contribution in [0.4, 0.5) is 5.69 Å². The van der Waals surface area contributed by atoms with Crippen molar-refractivity contribution >= 4 is 11.9 Å². The molecule has 0 saturated carbocycles. The quantitative estimate of drug-likeness (QED) is 0.694. The van der Waals surface area contributed by atoms with E-state index in [0.29, 0.717) is 5.56 Å². The molecule has 0 aliphatic heterocycles. The summed E-state index contributed by atoms with van der Waals surface area (Å²) in [7, 11) is 0. The van der Waals surface area contributed by atoms with Gasteiger partial charge in [0.2, 0.25) is 0 Å². The van der Waals surface area contributed by atoms with E-state index in [9.17, 15) is 0 Å². The van der Waals surface area contributed by atoms with E-state index >= 15 is 0 Å². The molecule has 0 spiro atoms. The van der Waals surface area contributed by atoms with Crippen molar-refractivity contribution in [3.63, 3.8) is 0 Å². The predicted octanol–water partition coefficient (Wildman–Crippen LogP) is 3.31. The third kappa shape index (κ3) is 2.34. The van der Waals surface area contributed by atoms with Gasteiger partial charge in [0.25, 0.3) is 0 Å². The molecule has 0 fully saturated rings. The van der Waals surface area contributed by atoms with Crippen LogP contribution in [0.2, 0.25) is 0 Å². The predicted molar refractivity (Wildman–Crippen MR) is 64.9 cm³/mol. The number of rotatable bonds is 2. The van der Waals surface area contributed by atoms with Crippen LogP contribution < -0.4 is 0 Å². The van der Waals surface area contributed by atoms with Crippen LogP contribution in [0.15, 0.2) is 59.6 Å². The topological polar surface area (TPSA) is 36.1 Å². The van der Waals surface area contributed by atoms with Crippen LogP contribution in [0.25, 0.3) is 0 Å². The van der Waals surface area contributed by atoms with Gasteiger partial charge in [0.05, 0.1) is 17.3 Å². The van der Waals surface area contributed by atoms with Crippen molar-refractivity contribution in [2.45, 2.75) is 0 Å². The molecule has 16 heavy (non-hydrogen) atoms. The van der Waals surface area contributed by atoms with Gasteiger partial charge in [-0.1, -0.05) is 36.4 Å². The lowest BCUT2D eigenvalue weighted by molar-refractivity contribution is 1.46. The van der Waals surface area contributed by atoms with Gasteiger partial charge >= 0.3 is 0 Å². The van der Waals surface area contributed by atoms with Crippen molar-refractivity contribution in [1.82, 2.24) is 0 Å². The fourth-order valence-electron chi connectivity index (χ4n) is 1.37. The van der Waals surface area contributed by atoms with Gasteiger partial charge in [0.15, 0.2) is 0 Å². The standard InChI is InChI=1S/C14H10N2/c15-10-12-6-4-5-7-13(12)11-16-14-8-2-1-3-9-14/h1-9,11H. The Morgan fingerprint density at radius 1 is 0.938 bits per heavy atom. The molecule has 2 rings (SSSR count). The molecule has 76 valence electrons. The Kier molecular flexibility index (Phi) is 3.10. The molecule has 0 aliphatic rings. The zero-order valence-corrected chi connectivity index (χ0v) is 8.67. The monoisotopic (exact) mass is 206 g/mol. The van der Waals surface area contributed by atoms with Gasteiger partial charge in [-0.05, 0) is 18.2 Å². The molecule has 2 aromatic carbocycles. The molecule has 0 atom stereocenters. The Morgan fingerprint density at radius 2 is 1.62 bits per heavy atom. The third-order valence-corrected chi connectivity index (χ3v) is 2.19. The lowest BCUT2D eigenvalue weighted by Crippen LogP contribution is -1.86. The van der Waals surface area contributed by atoms with Gasteiger partial charge in [0, 0.05) is 11.8 Å². The lowest BCUT2D eigenvalue weighted by Gasteiger charge is -1.96. The molecule has 2 heteroatoms. The summed E-state index contributed by atoms with van der Waals surface area (Å²) in [5.74, 6) is 0. The van der Waals surface area contributed by atoms with Gasteiger partial charge in [-0.15, -0.1) is 0 Å². The smallest absolute Gasteiger partial charge is 0.0998 e. The second kappa shape index (κ2) is 4.90. The van der Waals surface area contributed by atoms with E-state index in [1.165, 1.54) is 0 Å². The highest BCUT2D eigenvalue weighted by Gasteiger charge is 1.96.